The molecule has 2 aromatic heterocycles. The fourth-order valence-corrected chi connectivity index (χ4v) is 6.22. The highest BCUT2D eigenvalue weighted by molar-refractivity contribution is 8.76. The number of aryl methyl sites for hydroxylation is 4. The van der Waals surface area contributed by atoms with Gasteiger partial charge in [0.1, 0.15) is 0 Å². The smallest absolute Gasteiger partial charge is 0.169 e. The summed E-state index contributed by atoms with van der Waals surface area (Å²) in [5.41, 5.74) is 7.69. The Kier molecular flexibility index (Phi) is 15.3. The highest BCUT2D eigenvalue weighted by Crippen LogP contribution is 2.20. The number of hydrogen-bond donors (Lipinski definition) is 0. The van der Waals surface area contributed by atoms with Crippen LogP contribution in [0.15, 0.2) is 97.6 Å². The molecule has 0 aliphatic rings. The molecule has 0 fully saturated rings. The molecule has 0 N–H and O–H groups in total. The Labute approximate surface area is 263 Å². The van der Waals surface area contributed by atoms with Crippen LogP contribution in [0, 0.1) is 0 Å². The van der Waals surface area contributed by atoms with E-state index in [9.17, 15) is 0 Å². The molecular weight excluding hydrogens is 553 g/mol. The molecule has 2 aromatic carbocycles. The van der Waals surface area contributed by atoms with Crippen molar-refractivity contribution in [2.45, 2.75) is 40.8 Å². The highest BCUT2D eigenvalue weighted by atomic mass is 33.1. The summed E-state index contributed by atoms with van der Waals surface area (Å²) >= 11 is 0. The number of hydrogen-bond acceptors (Lipinski definition) is 4. The molecule has 0 spiro atoms. The van der Waals surface area contributed by atoms with E-state index in [-0.39, 0.29) is 14.9 Å². The lowest BCUT2D eigenvalue weighted by Crippen LogP contribution is -2.34. The van der Waals surface area contributed by atoms with Gasteiger partial charge in [0.05, 0.1) is 11.5 Å². The van der Waals surface area contributed by atoms with E-state index in [1.54, 1.807) is 0 Å². The Morgan fingerprint density at radius 3 is 1.36 bits per heavy atom. The first-order valence-corrected chi connectivity index (χ1v) is 16.4. The summed E-state index contributed by atoms with van der Waals surface area (Å²) in [6, 6.07) is 26.4. The minimum atomic E-state index is 0. The van der Waals surface area contributed by atoms with E-state index < -0.39 is 0 Å². The van der Waals surface area contributed by atoms with Crippen LogP contribution in [0.2, 0.25) is 0 Å². The van der Waals surface area contributed by atoms with Crippen molar-refractivity contribution in [3.05, 3.63) is 120 Å². The van der Waals surface area contributed by atoms with Crippen LogP contribution in [-0.2, 0) is 25.9 Å². The Morgan fingerprint density at radius 1 is 0.524 bits per heavy atom. The Balaban J connectivity index is 0.00000308. The zero-order chi connectivity index (χ0) is 28.2. The van der Waals surface area contributed by atoms with Gasteiger partial charge in [0.15, 0.2) is 37.9 Å². The summed E-state index contributed by atoms with van der Waals surface area (Å²) in [5, 5.41) is 0. The highest BCUT2D eigenvalue weighted by Gasteiger charge is 2.05. The van der Waals surface area contributed by atoms with Crippen LogP contribution in [0.3, 0.4) is 0 Å². The molecule has 0 saturated carbocycles. The van der Waals surface area contributed by atoms with Gasteiger partial charge in [0.2, 0.25) is 0 Å². The topological polar surface area (TPSA) is 14.2 Å². The van der Waals surface area contributed by atoms with E-state index in [2.05, 4.69) is 157 Å². The van der Waals surface area contributed by atoms with E-state index in [1.165, 1.54) is 33.6 Å². The molecule has 0 aliphatic carbocycles. The Bertz CT molecular complexity index is 1320. The molecule has 0 radical (unpaired) electrons. The summed E-state index contributed by atoms with van der Waals surface area (Å²) in [7, 11) is 12.2. The van der Waals surface area contributed by atoms with Crippen LogP contribution in [0.25, 0.3) is 12.2 Å². The zero-order valence-electron chi connectivity index (χ0n) is 24.2. The predicted octanol–water partition coefficient (Wildman–Crippen LogP) is 7.70. The van der Waals surface area contributed by atoms with Crippen LogP contribution in [-0.4, -0.2) is 39.7 Å². The van der Waals surface area contributed by atoms with Gasteiger partial charge < -0.3 is 9.80 Å². The van der Waals surface area contributed by atoms with Gasteiger partial charge in [-0.2, -0.15) is 0 Å². The van der Waals surface area contributed by atoms with Crippen molar-refractivity contribution in [2.24, 2.45) is 0 Å². The molecule has 6 heteroatoms. The normalized spacial score (nSPS) is 10.7. The second-order valence-electron chi connectivity index (χ2n) is 10.3. The molecule has 42 heavy (non-hydrogen) atoms. The van der Waals surface area contributed by atoms with Crippen molar-refractivity contribution in [3.8, 4) is 0 Å². The van der Waals surface area contributed by atoms with Gasteiger partial charge in [-0.15, -0.1) is 0 Å². The van der Waals surface area contributed by atoms with Gasteiger partial charge in [-0.25, -0.2) is 9.13 Å². The van der Waals surface area contributed by atoms with Crippen LogP contribution in [0.4, 0.5) is 11.4 Å². The number of anilines is 2. The third-order valence-corrected chi connectivity index (χ3v) is 9.22. The number of rotatable bonds is 14. The molecule has 0 amide bonds. The van der Waals surface area contributed by atoms with Crippen LogP contribution in [0.1, 0.15) is 37.1 Å². The van der Waals surface area contributed by atoms with E-state index >= 15 is 0 Å². The first-order valence-electron chi connectivity index (χ1n) is 13.9. The van der Waals surface area contributed by atoms with Crippen LogP contribution in [0.5, 0.6) is 0 Å². The average Bonchev–Trinajstić information content (AvgIpc) is 2.98. The van der Waals surface area contributed by atoms with Gasteiger partial charge >= 0.3 is 0 Å². The molecule has 0 atom stereocenters. The molecule has 0 unspecified atom stereocenters. The standard InChI is InChI=1S/C34H42N4S2.2CH4/c1-35(2)33-13-9-29(10-14-33)5-7-31-17-21-37(22-18-31)25-27-39-40-28-26-38-23-19-32(20-24-38)8-6-30-11-15-34(16-12-30)36(3)4;;/h5,7,9-24H,6,8,25-28H2,1-4H3;2*1H4/q+2;;. The summed E-state index contributed by atoms with van der Waals surface area (Å²) in [5.74, 6) is 2.21. The summed E-state index contributed by atoms with van der Waals surface area (Å²) in [4.78, 5) is 4.26. The van der Waals surface area contributed by atoms with E-state index in [0.29, 0.717) is 0 Å². The summed E-state index contributed by atoms with van der Waals surface area (Å²) in [6.07, 6.45) is 15.3. The second-order valence-corrected chi connectivity index (χ2v) is 13.0. The minimum absolute atomic E-state index is 0. The lowest BCUT2D eigenvalue weighted by atomic mass is 10.1. The van der Waals surface area contributed by atoms with Crippen molar-refractivity contribution in [1.82, 2.24) is 0 Å². The van der Waals surface area contributed by atoms with Gasteiger partial charge in [-0.05, 0) is 59.4 Å². The molecule has 0 aliphatic heterocycles. The zero-order valence-corrected chi connectivity index (χ0v) is 25.9. The van der Waals surface area contributed by atoms with Crippen molar-refractivity contribution in [1.29, 1.82) is 0 Å². The lowest BCUT2D eigenvalue weighted by molar-refractivity contribution is -0.692. The number of pyridine rings is 2. The minimum Gasteiger partial charge on any atom is -0.378 e. The maximum atomic E-state index is 2.29. The fourth-order valence-electron chi connectivity index (χ4n) is 4.26. The monoisotopic (exact) mass is 602 g/mol. The molecule has 0 saturated heterocycles. The molecule has 2 heterocycles. The molecular formula is C36H50N4S2+2. The van der Waals surface area contributed by atoms with Crippen molar-refractivity contribution in [3.63, 3.8) is 0 Å². The van der Waals surface area contributed by atoms with Crippen LogP contribution < -0.4 is 18.9 Å². The molecule has 0 bridgehead atoms. The van der Waals surface area contributed by atoms with E-state index in [1.807, 2.05) is 21.6 Å². The number of nitrogens with zero attached hydrogens (tertiary/aromatic N) is 4. The first kappa shape index (κ1) is 35.0. The van der Waals surface area contributed by atoms with Crippen molar-refractivity contribution >= 4 is 45.1 Å². The Morgan fingerprint density at radius 2 is 0.905 bits per heavy atom. The molecule has 4 nitrogen and oxygen atoms in total. The number of aromatic nitrogens is 2. The van der Waals surface area contributed by atoms with Gasteiger partial charge in [0, 0.05) is 63.8 Å². The van der Waals surface area contributed by atoms with Gasteiger partial charge in [0.25, 0.3) is 0 Å². The second kappa shape index (κ2) is 18.3. The van der Waals surface area contributed by atoms with Gasteiger partial charge in [-0.3, -0.25) is 0 Å². The van der Waals surface area contributed by atoms with Crippen LogP contribution >= 0.6 is 21.6 Å². The van der Waals surface area contributed by atoms with E-state index in [0.717, 1.165) is 37.4 Å². The first-order chi connectivity index (χ1) is 19.5. The SMILES string of the molecule is C.C.CN(C)c1ccc(/C=C/c2cc[n+](CCSSCC[n+]3ccc(CCc4ccc(N(C)C)cc4)cc3)cc2)cc1. The fraction of sp³-hybridized carbons (Fsp3) is 0.333. The van der Waals surface area contributed by atoms with Crippen molar-refractivity contribution in [2.75, 3.05) is 49.5 Å². The number of benzene rings is 2. The third kappa shape index (κ3) is 11.6. The maximum Gasteiger partial charge on any atom is 0.169 e. The van der Waals surface area contributed by atoms with E-state index in [4.69, 9.17) is 0 Å². The molecule has 224 valence electrons. The lowest BCUT2D eigenvalue weighted by Gasteiger charge is -2.12. The van der Waals surface area contributed by atoms with Crippen molar-refractivity contribution < 1.29 is 9.13 Å². The maximum absolute atomic E-state index is 2.29. The predicted molar refractivity (Wildman–Crippen MR) is 190 cm³/mol. The largest absolute Gasteiger partial charge is 0.378 e. The summed E-state index contributed by atoms with van der Waals surface area (Å²) in [6.45, 7) is 2.06. The third-order valence-electron chi connectivity index (χ3n) is 6.86. The molecule has 4 aromatic rings. The quantitative estimate of drug-likeness (QED) is 0.0834. The molecule has 4 rings (SSSR count). The summed E-state index contributed by atoms with van der Waals surface area (Å²) < 4.78 is 4.56. The Hall–Kier alpha value is -3.22. The van der Waals surface area contributed by atoms with Gasteiger partial charge in [-0.1, -0.05) is 72.9 Å². The average molecular weight is 603 g/mol.